The first-order valence-electron chi connectivity index (χ1n) is 8.56. The predicted octanol–water partition coefficient (Wildman–Crippen LogP) is 4.89. The minimum atomic E-state index is 0.514. The molecule has 1 aromatic heterocycles. The Morgan fingerprint density at radius 3 is 2.43 bits per heavy atom. The van der Waals surface area contributed by atoms with Gasteiger partial charge in [0.25, 0.3) is 0 Å². The fourth-order valence-corrected chi connectivity index (χ4v) is 3.09. The molecule has 122 valence electrons. The van der Waals surface area contributed by atoms with Gasteiger partial charge in [-0.2, -0.15) is 4.98 Å². The van der Waals surface area contributed by atoms with Crippen LogP contribution in [0.2, 0.25) is 0 Å². The van der Waals surface area contributed by atoms with Crippen molar-refractivity contribution in [1.82, 2.24) is 9.97 Å². The Morgan fingerprint density at radius 2 is 1.70 bits per heavy atom. The quantitative estimate of drug-likeness (QED) is 0.844. The summed E-state index contributed by atoms with van der Waals surface area (Å²) in [7, 11) is 0. The molecule has 23 heavy (non-hydrogen) atoms. The van der Waals surface area contributed by atoms with Gasteiger partial charge in [-0.25, -0.2) is 4.98 Å². The molecule has 1 aliphatic carbocycles. The molecule has 1 saturated carbocycles. The minimum absolute atomic E-state index is 0.514. The van der Waals surface area contributed by atoms with Crippen LogP contribution in [0.1, 0.15) is 48.9 Å². The van der Waals surface area contributed by atoms with Gasteiger partial charge >= 0.3 is 0 Å². The number of anilines is 3. The number of hydrogen-bond acceptors (Lipinski definition) is 4. The minimum Gasteiger partial charge on any atom is -0.351 e. The first kappa shape index (κ1) is 15.8. The molecule has 4 nitrogen and oxygen atoms in total. The van der Waals surface area contributed by atoms with Gasteiger partial charge in [0.2, 0.25) is 5.95 Å². The van der Waals surface area contributed by atoms with Crippen molar-refractivity contribution < 1.29 is 0 Å². The van der Waals surface area contributed by atoms with Crippen LogP contribution >= 0.6 is 0 Å². The van der Waals surface area contributed by atoms with Crippen molar-refractivity contribution in [2.75, 3.05) is 10.6 Å². The van der Waals surface area contributed by atoms with Crippen LogP contribution in [-0.4, -0.2) is 16.0 Å². The standard InChI is InChI=1S/C19H26N4/c1-13-9-10-17(11-14(13)2)21-18-12-15(3)20-19(23-18)22-16-7-5-4-6-8-16/h9-12,16H,4-8H2,1-3H3,(H2,20,21,22,23). The van der Waals surface area contributed by atoms with Crippen molar-refractivity contribution in [1.29, 1.82) is 0 Å². The van der Waals surface area contributed by atoms with E-state index in [1.165, 1.54) is 43.2 Å². The highest BCUT2D eigenvalue weighted by molar-refractivity contribution is 5.59. The zero-order chi connectivity index (χ0) is 16.2. The van der Waals surface area contributed by atoms with E-state index in [0.717, 1.165) is 23.1 Å². The number of benzene rings is 1. The van der Waals surface area contributed by atoms with Gasteiger partial charge in [-0.05, 0) is 56.9 Å². The normalized spacial score (nSPS) is 15.4. The van der Waals surface area contributed by atoms with E-state index in [-0.39, 0.29) is 0 Å². The van der Waals surface area contributed by atoms with Crippen LogP contribution in [-0.2, 0) is 0 Å². The van der Waals surface area contributed by atoms with Crippen LogP contribution in [0.25, 0.3) is 0 Å². The van der Waals surface area contributed by atoms with Crippen LogP contribution < -0.4 is 10.6 Å². The van der Waals surface area contributed by atoms with Crippen molar-refractivity contribution in [2.24, 2.45) is 0 Å². The molecular weight excluding hydrogens is 284 g/mol. The Bertz CT molecular complexity index is 675. The van der Waals surface area contributed by atoms with E-state index in [0.29, 0.717) is 6.04 Å². The Kier molecular flexibility index (Phi) is 4.79. The van der Waals surface area contributed by atoms with Gasteiger partial charge in [0.1, 0.15) is 5.82 Å². The summed E-state index contributed by atoms with van der Waals surface area (Å²) in [5, 5.41) is 6.91. The monoisotopic (exact) mass is 310 g/mol. The SMILES string of the molecule is Cc1cc(Nc2ccc(C)c(C)c2)nc(NC2CCCCC2)n1. The largest absolute Gasteiger partial charge is 0.351 e. The first-order valence-corrected chi connectivity index (χ1v) is 8.56. The van der Waals surface area contributed by atoms with E-state index in [1.807, 2.05) is 13.0 Å². The second kappa shape index (κ2) is 6.99. The molecule has 0 aliphatic heterocycles. The molecule has 0 amide bonds. The Morgan fingerprint density at radius 1 is 0.913 bits per heavy atom. The predicted molar refractivity (Wildman–Crippen MR) is 96.5 cm³/mol. The van der Waals surface area contributed by atoms with Gasteiger partial charge in [0.05, 0.1) is 0 Å². The van der Waals surface area contributed by atoms with Crippen molar-refractivity contribution in [2.45, 2.75) is 58.9 Å². The second-order valence-corrected chi connectivity index (χ2v) is 6.62. The smallest absolute Gasteiger partial charge is 0.225 e. The van der Waals surface area contributed by atoms with Gasteiger partial charge < -0.3 is 10.6 Å². The van der Waals surface area contributed by atoms with E-state index < -0.39 is 0 Å². The summed E-state index contributed by atoms with van der Waals surface area (Å²) in [6.45, 7) is 6.27. The number of hydrogen-bond donors (Lipinski definition) is 2. The Hall–Kier alpha value is -2.10. The van der Waals surface area contributed by atoms with Gasteiger partial charge in [-0.1, -0.05) is 25.3 Å². The molecular formula is C19H26N4. The molecule has 0 spiro atoms. The average molecular weight is 310 g/mol. The van der Waals surface area contributed by atoms with Crippen LogP contribution in [0.15, 0.2) is 24.3 Å². The summed E-state index contributed by atoms with van der Waals surface area (Å²) in [6.07, 6.45) is 6.40. The molecule has 0 bridgehead atoms. The molecule has 3 rings (SSSR count). The van der Waals surface area contributed by atoms with Gasteiger partial charge in [-0.15, -0.1) is 0 Å². The highest BCUT2D eigenvalue weighted by atomic mass is 15.2. The molecule has 0 saturated heterocycles. The third kappa shape index (κ3) is 4.21. The summed E-state index contributed by atoms with van der Waals surface area (Å²) >= 11 is 0. The summed E-state index contributed by atoms with van der Waals surface area (Å²) in [6, 6.07) is 8.88. The summed E-state index contributed by atoms with van der Waals surface area (Å²) in [5.74, 6) is 1.59. The highest BCUT2D eigenvalue weighted by Crippen LogP contribution is 2.23. The van der Waals surface area contributed by atoms with Crippen LogP contribution in [0.4, 0.5) is 17.5 Å². The van der Waals surface area contributed by atoms with Gasteiger partial charge in [0, 0.05) is 23.5 Å². The number of nitrogens with zero attached hydrogens (tertiary/aromatic N) is 2. The maximum Gasteiger partial charge on any atom is 0.225 e. The highest BCUT2D eigenvalue weighted by Gasteiger charge is 2.14. The van der Waals surface area contributed by atoms with Crippen molar-refractivity contribution in [3.63, 3.8) is 0 Å². The molecule has 4 heteroatoms. The fourth-order valence-electron chi connectivity index (χ4n) is 3.09. The average Bonchev–Trinajstić information content (AvgIpc) is 2.51. The summed E-state index contributed by atoms with van der Waals surface area (Å²) in [5.41, 5.74) is 4.62. The van der Waals surface area contributed by atoms with Crippen LogP contribution in [0.5, 0.6) is 0 Å². The lowest BCUT2D eigenvalue weighted by Gasteiger charge is -2.23. The molecule has 1 heterocycles. The third-order valence-electron chi connectivity index (χ3n) is 4.57. The molecule has 0 unspecified atom stereocenters. The second-order valence-electron chi connectivity index (χ2n) is 6.62. The lowest BCUT2D eigenvalue weighted by atomic mass is 9.96. The molecule has 2 aromatic rings. The number of aromatic nitrogens is 2. The number of rotatable bonds is 4. The van der Waals surface area contributed by atoms with Crippen molar-refractivity contribution in [3.05, 3.63) is 41.1 Å². The summed E-state index contributed by atoms with van der Waals surface area (Å²) < 4.78 is 0. The fraction of sp³-hybridized carbons (Fsp3) is 0.474. The number of nitrogens with one attached hydrogen (secondary N) is 2. The number of aryl methyl sites for hydroxylation is 3. The zero-order valence-electron chi connectivity index (χ0n) is 14.3. The topological polar surface area (TPSA) is 49.8 Å². The Balaban J connectivity index is 1.75. The molecule has 1 aromatic carbocycles. The van der Waals surface area contributed by atoms with Crippen LogP contribution in [0, 0.1) is 20.8 Å². The summed E-state index contributed by atoms with van der Waals surface area (Å²) in [4.78, 5) is 9.18. The lowest BCUT2D eigenvalue weighted by molar-refractivity contribution is 0.461. The van der Waals surface area contributed by atoms with Crippen molar-refractivity contribution in [3.8, 4) is 0 Å². The van der Waals surface area contributed by atoms with E-state index in [1.54, 1.807) is 0 Å². The maximum atomic E-state index is 4.64. The van der Waals surface area contributed by atoms with Crippen LogP contribution in [0.3, 0.4) is 0 Å². The van der Waals surface area contributed by atoms with E-state index in [4.69, 9.17) is 0 Å². The van der Waals surface area contributed by atoms with E-state index >= 15 is 0 Å². The van der Waals surface area contributed by atoms with Crippen molar-refractivity contribution >= 4 is 17.5 Å². The first-order chi connectivity index (χ1) is 11.1. The Labute approximate surface area is 138 Å². The zero-order valence-corrected chi connectivity index (χ0v) is 14.3. The molecule has 0 atom stereocenters. The third-order valence-corrected chi connectivity index (χ3v) is 4.57. The maximum absolute atomic E-state index is 4.64. The lowest BCUT2D eigenvalue weighted by Crippen LogP contribution is -2.23. The van der Waals surface area contributed by atoms with E-state index in [9.17, 15) is 0 Å². The van der Waals surface area contributed by atoms with E-state index in [2.05, 4.69) is 52.6 Å². The molecule has 1 fully saturated rings. The van der Waals surface area contributed by atoms with Gasteiger partial charge in [-0.3, -0.25) is 0 Å². The van der Waals surface area contributed by atoms with Gasteiger partial charge in [0.15, 0.2) is 0 Å². The molecule has 2 N–H and O–H groups in total. The molecule has 1 aliphatic rings. The molecule has 0 radical (unpaired) electrons.